The fraction of sp³-hybridized carbons (Fsp3) is 0.321. The van der Waals surface area contributed by atoms with Gasteiger partial charge in [-0.25, -0.2) is 0 Å². The number of hydrogen-bond donors (Lipinski definition) is 1. The Balaban J connectivity index is 1.59. The minimum atomic E-state index is 0.127. The summed E-state index contributed by atoms with van der Waals surface area (Å²) in [7, 11) is 0. The predicted octanol–water partition coefficient (Wildman–Crippen LogP) is 6.25. The number of benzene rings is 3. The highest BCUT2D eigenvalue weighted by Crippen LogP contribution is 2.37. The molecule has 3 heteroatoms. The standard InChI is InChI=1S/C28H31N3/c1-21-17-19-22(20-18-21)26-27(29-24-13-7-3-8-14-24)28(23-11-5-2-6-12-23)31(30-26)25-15-9-4-10-16-25/h2,4-6,9-12,15-20,24,27-29H,3,7-8,13-14H2,1H3. The molecule has 1 fully saturated rings. The molecule has 2 unspecified atom stereocenters. The first-order chi connectivity index (χ1) is 15.3. The fourth-order valence-corrected chi connectivity index (χ4v) is 4.97. The molecule has 1 aliphatic carbocycles. The monoisotopic (exact) mass is 409 g/mol. The third-order valence-corrected chi connectivity index (χ3v) is 6.62. The van der Waals surface area contributed by atoms with Crippen molar-refractivity contribution in [2.75, 3.05) is 5.01 Å². The summed E-state index contributed by atoms with van der Waals surface area (Å²) in [5.74, 6) is 0. The minimum Gasteiger partial charge on any atom is -0.304 e. The summed E-state index contributed by atoms with van der Waals surface area (Å²) in [5, 5.41) is 11.5. The highest BCUT2D eigenvalue weighted by atomic mass is 15.5. The zero-order valence-corrected chi connectivity index (χ0v) is 18.2. The summed E-state index contributed by atoms with van der Waals surface area (Å²) in [5.41, 5.74) is 6.06. The van der Waals surface area contributed by atoms with Crippen molar-refractivity contribution >= 4 is 11.4 Å². The first kappa shape index (κ1) is 20.0. The molecule has 1 N–H and O–H groups in total. The van der Waals surface area contributed by atoms with Crippen LogP contribution in [-0.2, 0) is 0 Å². The summed E-state index contributed by atoms with van der Waals surface area (Å²) in [6, 6.07) is 31.1. The number of aryl methyl sites for hydroxylation is 1. The number of para-hydroxylation sites is 1. The van der Waals surface area contributed by atoms with Crippen molar-refractivity contribution in [1.29, 1.82) is 0 Å². The van der Waals surface area contributed by atoms with Gasteiger partial charge in [-0.1, -0.05) is 97.6 Å². The zero-order valence-electron chi connectivity index (χ0n) is 18.2. The van der Waals surface area contributed by atoms with Crippen LogP contribution in [-0.4, -0.2) is 17.8 Å². The lowest BCUT2D eigenvalue weighted by Gasteiger charge is -2.33. The lowest BCUT2D eigenvalue weighted by molar-refractivity contribution is 0.348. The molecule has 2 atom stereocenters. The van der Waals surface area contributed by atoms with Gasteiger partial charge in [0.05, 0.1) is 23.5 Å². The third kappa shape index (κ3) is 4.28. The second-order valence-corrected chi connectivity index (χ2v) is 8.87. The summed E-state index contributed by atoms with van der Waals surface area (Å²) in [4.78, 5) is 0. The van der Waals surface area contributed by atoms with E-state index in [1.54, 1.807) is 0 Å². The molecular weight excluding hydrogens is 378 g/mol. The molecule has 1 saturated carbocycles. The van der Waals surface area contributed by atoms with E-state index in [0.717, 1.165) is 11.4 Å². The average Bonchev–Trinajstić information content (AvgIpc) is 3.20. The van der Waals surface area contributed by atoms with Crippen LogP contribution in [0.3, 0.4) is 0 Å². The number of nitrogens with zero attached hydrogens (tertiary/aromatic N) is 2. The smallest absolute Gasteiger partial charge is 0.0986 e. The first-order valence-corrected chi connectivity index (χ1v) is 11.6. The molecule has 31 heavy (non-hydrogen) atoms. The van der Waals surface area contributed by atoms with Gasteiger partial charge >= 0.3 is 0 Å². The van der Waals surface area contributed by atoms with Gasteiger partial charge in [-0.05, 0) is 43.0 Å². The summed E-state index contributed by atoms with van der Waals surface area (Å²) < 4.78 is 0. The van der Waals surface area contributed by atoms with Crippen molar-refractivity contribution in [3.8, 4) is 0 Å². The third-order valence-electron chi connectivity index (χ3n) is 6.62. The molecule has 3 aromatic carbocycles. The van der Waals surface area contributed by atoms with E-state index in [1.807, 2.05) is 0 Å². The zero-order chi connectivity index (χ0) is 21.0. The van der Waals surface area contributed by atoms with E-state index in [1.165, 1.54) is 48.8 Å². The maximum Gasteiger partial charge on any atom is 0.0986 e. The van der Waals surface area contributed by atoms with Crippen molar-refractivity contribution in [3.63, 3.8) is 0 Å². The van der Waals surface area contributed by atoms with Gasteiger partial charge < -0.3 is 5.32 Å². The molecule has 0 amide bonds. The van der Waals surface area contributed by atoms with E-state index >= 15 is 0 Å². The highest BCUT2D eigenvalue weighted by molar-refractivity contribution is 6.07. The number of rotatable bonds is 5. The Morgan fingerprint density at radius 1 is 0.774 bits per heavy atom. The van der Waals surface area contributed by atoms with E-state index in [9.17, 15) is 0 Å². The predicted molar refractivity (Wildman–Crippen MR) is 130 cm³/mol. The second kappa shape index (κ2) is 9.07. The number of nitrogens with one attached hydrogen (secondary N) is 1. The lowest BCUT2D eigenvalue weighted by atomic mass is 9.89. The van der Waals surface area contributed by atoms with E-state index in [2.05, 4.69) is 102 Å². The molecule has 0 saturated heterocycles. The normalized spacial score (nSPS) is 21.8. The summed E-state index contributed by atoms with van der Waals surface area (Å²) in [6.45, 7) is 2.14. The Morgan fingerprint density at radius 2 is 1.42 bits per heavy atom. The van der Waals surface area contributed by atoms with Gasteiger partial charge in [0, 0.05) is 6.04 Å². The number of hydrogen-bond acceptors (Lipinski definition) is 3. The van der Waals surface area contributed by atoms with E-state index in [0.29, 0.717) is 6.04 Å². The summed E-state index contributed by atoms with van der Waals surface area (Å²) in [6.07, 6.45) is 6.51. The Bertz CT molecular complexity index is 1010. The molecule has 3 nitrogen and oxygen atoms in total. The first-order valence-electron chi connectivity index (χ1n) is 11.6. The Labute approximate surface area is 185 Å². The molecule has 0 spiro atoms. The number of hydrazone groups is 1. The highest BCUT2D eigenvalue weighted by Gasteiger charge is 2.40. The van der Waals surface area contributed by atoms with Crippen LogP contribution in [0.15, 0.2) is 90.0 Å². The van der Waals surface area contributed by atoms with Gasteiger partial charge in [-0.2, -0.15) is 5.10 Å². The van der Waals surface area contributed by atoms with Gasteiger partial charge in [0.2, 0.25) is 0 Å². The molecule has 158 valence electrons. The van der Waals surface area contributed by atoms with Gasteiger partial charge in [-0.3, -0.25) is 5.01 Å². The van der Waals surface area contributed by atoms with Crippen molar-refractivity contribution in [3.05, 3.63) is 102 Å². The number of anilines is 1. The average molecular weight is 410 g/mol. The van der Waals surface area contributed by atoms with Gasteiger partial charge in [0.15, 0.2) is 0 Å². The van der Waals surface area contributed by atoms with Crippen molar-refractivity contribution in [2.24, 2.45) is 5.10 Å². The van der Waals surface area contributed by atoms with Crippen molar-refractivity contribution in [2.45, 2.75) is 57.2 Å². The second-order valence-electron chi connectivity index (χ2n) is 8.87. The van der Waals surface area contributed by atoms with E-state index < -0.39 is 0 Å². The largest absolute Gasteiger partial charge is 0.304 e. The lowest BCUT2D eigenvalue weighted by Crippen LogP contribution is -2.47. The molecule has 3 aromatic rings. The molecule has 1 heterocycles. The van der Waals surface area contributed by atoms with Crippen LogP contribution in [0.5, 0.6) is 0 Å². The Morgan fingerprint density at radius 3 is 2.10 bits per heavy atom. The van der Waals surface area contributed by atoms with E-state index in [-0.39, 0.29) is 12.1 Å². The quantitative estimate of drug-likeness (QED) is 0.539. The fourth-order valence-electron chi connectivity index (χ4n) is 4.97. The van der Waals surface area contributed by atoms with Crippen LogP contribution in [0.2, 0.25) is 0 Å². The molecule has 1 aliphatic heterocycles. The van der Waals surface area contributed by atoms with Gasteiger partial charge in [0.25, 0.3) is 0 Å². The maximum atomic E-state index is 5.25. The van der Waals surface area contributed by atoms with E-state index in [4.69, 9.17) is 5.10 Å². The molecule has 0 radical (unpaired) electrons. The van der Waals surface area contributed by atoms with Crippen LogP contribution >= 0.6 is 0 Å². The van der Waals surface area contributed by atoms with Crippen LogP contribution < -0.4 is 10.3 Å². The molecule has 5 rings (SSSR count). The van der Waals surface area contributed by atoms with Crippen molar-refractivity contribution in [1.82, 2.24) is 5.32 Å². The molecular formula is C28H31N3. The van der Waals surface area contributed by atoms with Crippen molar-refractivity contribution < 1.29 is 0 Å². The Kier molecular flexibility index (Phi) is 5.86. The van der Waals surface area contributed by atoms with Gasteiger partial charge in [-0.15, -0.1) is 0 Å². The Hall–Kier alpha value is -2.91. The molecule has 0 bridgehead atoms. The molecule has 2 aliphatic rings. The summed E-state index contributed by atoms with van der Waals surface area (Å²) >= 11 is 0. The topological polar surface area (TPSA) is 27.6 Å². The SMILES string of the molecule is Cc1ccc(C2=NN(c3ccccc3)C(c3ccccc3)C2NC2CCCCC2)cc1. The maximum absolute atomic E-state index is 5.25. The van der Waals surface area contributed by atoms with Crippen LogP contribution in [0.1, 0.15) is 54.8 Å². The minimum absolute atomic E-state index is 0.127. The van der Waals surface area contributed by atoms with Gasteiger partial charge in [0.1, 0.15) is 0 Å². The van der Waals surface area contributed by atoms with Crippen LogP contribution in [0.25, 0.3) is 0 Å². The van der Waals surface area contributed by atoms with Crippen LogP contribution in [0.4, 0.5) is 5.69 Å². The molecule has 0 aromatic heterocycles. The van der Waals surface area contributed by atoms with Crippen LogP contribution in [0, 0.1) is 6.92 Å².